The molecule has 0 saturated carbocycles. The zero-order valence-corrected chi connectivity index (χ0v) is 11.4. The third-order valence-electron chi connectivity index (χ3n) is 2.48. The molecule has 2 N–H and O–H groups in total. The number of benzene rings is 1. The highest BCUT2D eigenvalue weighted by molar-refractivity contribution is 7.07. The lowest BCUT2D eigenvalue weighted by Crippen LogP contribution is -2.14. The van der Waals surface area contributed by atoms with Crippen molar-refractivity contribution in [3.63, 3.8) is 0 Å². The van der Waals surface area contributed by atoms with Gasteiger partial charge in [0.1, 0.15) is 5.75 Å². The third kappa shape index (κ3) is 3.13. The van der Waals surface area contributed by atoms with Crippen LogP contribution in [0.5, 0.6) is 5.75 Å². The van der Waals surface area contributed by atoms with Crippen LogP contribution in [0.15, 0.2) is 28.4 Å². The molecule has 0 unspecified atom stereocenters. The van der Waals surface area contributed by atoms with Gasteiger partial charge in [-0.15, -0.1) is 0 Å². The molecule has 0 amide bonds. The van der Waals surface area contributed by atoms with E-state index in [1.165, 1.54) is 0 Å². The minimum absolute atomic E-state index is 0.0397. The van der Waals surface area contributed by atoms with Gasteiger partial charge in [0, 0.05) is 34.7 Å². The van der Waals surface area contributed by atoms with E-state index in [1.807, 2.05) is 18.2 Å². The van der Waals surface area contributed by atoms with Crippen molar-refractivity contribution in [3.8, 4) is 5.75 Å². The number of aromatic nitrogens is 1. The fraction of sp³-hybridized carbons (Fsp3) is 0.250. The topological polar surface area (TPSA) is 54.1 Å². The number of hydrogen-bond acceptors (Lipinski definition) is 4. The highest BCUT2D eigenvalue weighted by atomic mass is 35.5. The van der Waals surface area contributed by atoms with Crippen molar-refractivity contribution in [2.75, 3.05) is 7.11 Å². The summed E-state index contributed by atoms with van der Waals surface area (Å²) in [7, 11) is 1.62. The highest BCUT2D eigenvalue weighted by Crippen LogP contribution is 2.25. The minimum atomic E-state index is -0.0397. The van der Waals surface area contributed by atoms with Crippen LogP contribution >= 0.6 is 22.9 Å². The van der Waals surface area contributed by atoms with Gasteiger partial charge in [-0.2, -0.15) is 0 Å². The Bertz CT molecular complexity index is 579. The third-order valence-corrected chi connectivity index (χ3v) is 3.56. The largest absolute Gasteiger partial charge is 0.496 e. The zero-order chi connectivity index (χ0) is 13.0. The fourth-order valence-electron chi connectivity index (χ4n) is 1.62. The van der Waals surface area contributed by atoms with Crippen LogP contribution in [0.1, 0.15) is 11.3 Å². The van der Waals surface area contributed by atoms with Crippen LogP contribution < -0.4 is 14.9 Å². The van der Waals surface area contributed by atoms with E-state index < -0.39 is 0 Å². The van der Waals surface area contributed by atoms with Crippen LogP contribution in [-0.2, 0) is 13.1 Å². The molecule has 18 heavy (non-hydrogen) atoms. The number of nitrogens with one attached hydrogen (secondary N) is 2. The maximum atomic E-state index is 11.0. The quantitative estimate of drug-likeness (QED) is 0.886. The predicted octanol–water partition coefficient (Wildman–Crippen LogP) is 2.39. The number of methoxy groups -OCH3 is 1. The number of rotatable bonds is 5. The molecule has 0 bridgehead atoms. The summed E-state index contributed by atoms with van der Waals surface area (Å²) < 4.78 is 5.25. The van der Waals surface area contributed by atoms with E-state index in [1.54, 1.807) is 12.5 Å². The number of hydrogen-bond donors (Lipinski definition) is 2. The molecule has 96 valence electrons. The van der Waals surface area contributed by atoms with Gasteiger partial charge in [-0.25, -0.2) is 0 Å². The van der Waals surface area contributed by atoms with Crippen molar-refractivity contribution in [2.45, 2.75) is 13.1 Å². The first-order chi connectivity index (χ1) is 8.70. The molecule has 0 radical (unpaired) electrons. The average Bonchev–Trinajstić information content (AvgIpc) is 2.77. The first-order valence-corrected chi connectivity index (χ1v) is 6.65. The molecule has 0 aliphatic carbocycles. The Labute approximate surface area is 114 Å². The summed E-state index contributed by atoms with van der Waals surface area (Å²) in [5.41, 5.74) is 1.79. The van der Waals surface area contributed by atoms with Crippen molar-refractivity contribution in [1.29, 1.82) is 0 Å². The molecule has 1 heterocycles. The van der Waals surface area contributed by atoms with Gasteiger partial charge >= 0.3 is 4.87 Å². The molecule has 0 fully saturated rings. The monoisotopic (exact) mass is 284 g/mol. The molecule has 2 rings (SSSR count). The Hall–Kier alpha value is -1.30. The molecular formula is C12H13ClN2O2S. The number of ether oxygens (including phenoxy) is 1. The van der Waals surface area contributed by atoms with Crippen LogP contribution in [0.2, 0.25) is 5.02 Å². The molecule has 0 spiro atoms. The van der Waals surface area contributed by atoms with Crippen molar-refractivity contribution in [3.05, 3.63) is 49.5 Å². The van der Waals surface area contributed by atoms with E-state index in [-0.39, 0.29) is 4.87 Å². The van der Waals surface area contributed by atoms with E-state index in [9.17, 15) is 4.79 Å². The van der Waals surface area contributed by atoms with Gasteiger partial charge in [-0.1, -0.05) is 29.0 Å². The second-order valence-corrected chi connectivity index (χ2v) is 4.95. The fourth-order valence-corrected chi connectivity index (χ4v) is 2.44. The molecule has 0 aliphatic rings. The SMILES string of the molecule is COc1cccc(Cl)c1CNCc1csc(=O)[nH]1. The maximum Gasteiger partial charge on any atom is 0.304 e. The van der Waals surface area contributed by atoms with Crippen molar-refractivity contribution in [2.24, 2.45) is 0 Å². The average molecular weight is 285 g/mol. The van der Waals surface area contributed by atoms with Gasteiger partial charge in [0.2, 0.25) is 0 Å². The standard InChI is InChI=1S/C12H13ClN2O2S/c1-17-11-4-2-3-10(13)9(11)6-14-5-8-7-18-12(16)15-8/h2-4,7,14H,5-6H2,1H3,(H,15,16). The molecule has 0 atom stereocenters. The van der Waals surface area contributed by atoms with E-state index >= 15 is 0 Å². The summed E-state index contributed by atoms with van der Waals surface area (Å²) >= 11 is 7.28. The normalized spacial score (nSPS) is 10.6. The second-order valence-electron chi connectivity index (χ2n) is 3.70. The van der Waals surface area contributed by atoms with Gasteiger partial charge in [-0.05, 0) is 12.1 Å². The number of aromatic amines is 1. The molecule has 1 aromatic carbocycles. The summed E-state index contributed by atoms with van der Waals surface area (Å²) in [5.74, 6) is 0.758. The molecule has 0 aliphatic heterocycles. The molecule has 0 saturated heterocycles. The summed E-state index contributed by atoms with van der Waals surface area (Å²) in [4.78, 5) is 13.7. The Morgan fingerprint density at radius 3 is 2.94 bits per heavy atom. The van der Waals surface area contributed by atoms with Gasteiger partial charge in [-0.3, -0.25) is 4.79 Å². The van der Waals surface area contributed by atoms with Crippen LogP contribution in [0.3, 0.4) is 0 Å². The summed E-state index contributed by atoms with van der Waals surface area (Å²) in [5, 5.41) is 5.69. The van der Waals surface area contributed by atoms with Gasteiger partial charge < -0.3 is 15.0 Å². The van der Waals surface area contributed by atoms with Crippen LogP contribution in [0, 0.1) is 0 Å². The van der Waals surface area contributed by atoms with Gasteiger partial charge in [0.05, 0.1) is 7.11 Å². The van der Waals surface area contributed by atoms with Gasteiger partial charge in [0.25, 0.3) is 0 Å². The van der Waals surface area contributed by atoms with Gasteiger partial charge in [0.15, 0.2) is 0 Å². The first-order valence-electron chi connectivity index (χ1n) is 5.39. The number of halogens is 1. The predicted molar refractivity (Wildman–Crippen MR) is 73.5 cm³/mol. The maximum absolute atomic E-state index is 11.0. The van der Waals surface area contributed by atoms with Crippen LogP contribution in [-0.4, -0.2) is 12.1 Å². The van der Waals surface area contributed by atoms with E-state index in [2.05, 4.69) is 10.3 Å². The number of H-pyrrole nitrogens is 1. The van der Waals surface area contributed by atoms with Crippen molar-refractivity contribution in [1.82, 2.24) is 10.3 Å². The second kappa shape index (κ2) is 6.04. The zero-order valence-electron chi connectivity index (χ0n) is 9.83. The summed E-state index contributed by atoms with van der Waals surface area (Å²) in [6, 6.07) is 5.55. The smallest absolute Gasteiger partial charge is 0.304 e. The molecule has 2 aromatic rings. The van der Waals surface area contributed by atoms with E-state index in [4.69, 9.17) is 16.3 Å². The van der Waals surface area contributed by atoms with Crippen molar-refractivity contribution >= 4 is 22.9 Å². The van der Waals surface area contributed by atoms with E-state index in [0.29, 0.717) is 18.1 Å². The Balaban J connectivity index is 2.00. The summed E-state index contributed by atoms with van der Waals surface area (Å²) in [6.07, 6.45) is 0. The number of thiazole rings is 1. The highest BCUT2D eigenvalue weighted by Gasteiger charge is 2.07. The molecule has 6 heteroatoms. The van der Waals surface area contributed by atoms with E-state index in [0.717, 1.165) is 28.3 Å². The Morgan fingerprint density at radius 1 is 1.44 bits per heavy atom. The molecule has 4 nitrogen and oxygen atoms in total. The van der Waals surface area contributed by atoms with Crippen LogP contribution in [0.25, 0.3) is 0 Å². The summed E-state index contributed by atoms with van der Waals surface area (Å²) in [6.45, 7) is 1.17. The molecule has 1 aromatic heterocycles. The lowest BCUT2D eigenvalue weighted by Gasteiger charge is -2.10. The van der Waals surface area contributed by atoms with Crippen molar-refractivity contribution < 1.29 is 4.74 Å². The molecular weight excluding hydrogens is 272 g/mol. The lowest BCUT2D eigenvalue weighted by atomic mass is 10.2. The lowest BCUT2D eigenvalue weighted by molar-refractivity contribution is 0.407. The Morgan fingerprint density at radius 2 is 2.28 bits per heavy atom. The van der Waals surface area contributed by atoms with Crippen LogP contribution in [0.4, 0.5) is 0 Å². The Kier molecular flexibility index (Phi) is 4.41. The minimum Gasteiger partial charge on any atom is -0.496 e. The first kappa shape index (κ1) is 13.1.